The third-order valence-corrected chi connectivity index (χ3v) is 29.3. The topological polar surface area (TPSA) is 488 Å². The van der Waals surface area contributed by atoms with Crippen LogP contribution < -0.4 is 41.1 Å². The number of sulfonamides is 4. The van der Waals surface area contributed by atoms with Gasteiger partial charge in [0.25, 0.3) is 63.7 Å². The highest BCUT2D eigenvalue weighted by Gasteiger charge is 2.46. The van der Waals surface area contributed by atoms with E-state index in [9.17, 15) is 94.7 Å². The lowest BCUT2D eigenvalue weighted by Crippen LogP contribution is -3.00. The number of hydrogen-bond acceptors (Lipinski definition) is 26. The standard InChI is InChI=1S/C27H22Cl2F2N2O7S.C18H17Cl2F2NO3.C13H22N.C11H11NO5S.C9H7NO5S.C7H5NO3S.C4H7BrO2.ClH.2H2O/c28-19-11-32-12-20(29)18(19)10-22(16-7-8-21(40-27(30)31)23(9-16)38-14-15-5-6-15)39-25(34)13-33-26(35)17-3-1-2-4-24(17)41(33,36)37;19-13-7-23-8-14(20)12(13)6-15(24)11-3-4-16(26-18(21)22)17(5-11)25-9-10-1-2-10;1-4-14(5-2,6-3)12-13-10-8-7-9-11-13;1-2-17-10(13)7-12-11(14)8-5-3-4-6-9(8)18(12,15)16;11-8(12)5-10-9(13)6-3-1-2-4-7(6)16(10,14)15;9-7-5-3-1-2-4-6(5)12(10,11)8-7;1-2-7-4(6)3-5;;;/h1-4,7-9,11-12,15,22,27H,5-6,10,13-14H2;3-5,7-8,10,15,18,24H,1-2,6,9H2;7-11H,4-6,12H2,1-3H3;3-6H,2,7H2,1H3;1-4H,5H2,(H,11,12);1-4H,(H,8,9);2-3H2,1H3;1H;2*1H2/q;;+1;;;;;;;/p-1/t22-;15-;;;;;;;;/m00......../s1. The van der Waals surface area contributed by atoms with Gasteiger partial charge in [-0.3, -0.25) is 43.3 Å². The molecule has 0 unspecified atom stereocenters. The summed E-state index contributed by atoms with van der Waals surface area (Å²) in [5.41, 5.74) is 3.48. The number of halogens is 10. The van der Waals surface area contributed by atoms with E-state index in [4.69, 9.17) is 65.7 Å². The average molecular weight is 2160 g/mol. The molecule has 6 heterocycles. The lowest BCUT2D eigenvalue weighted by molar-refractivity contribution is -0.936. The second kappa shape index (κ2) is 52.2. The number of aromatic nitrogens is 2. The number of ether oxygens (including phenoxy) is 7. The van der Waals surface area contributed by atoms with Crippen LogP contribution in [0.1, 0.15) is 142 Å². The molecule has 2 aromatic heterocycles. The van der Waals surface area contributed by atoms with E-state index in [0.717, 1.165) is 25.7 Å². The van der Waals surface area contributed by atoms with Crippen LogP contribution in [0, 0.1) is 11.8 Å². The molecule has 2 aliphatic carbocycles. The summed E-state index contributed by atoms with van der Waals surface area (Å²) in [5, 5.41) is 20.5. The number of alkyl halides is 5. The minimum atomic E-state index is -4.27. The molecular formula is C89H95BrCl5F4N7O27S4. The molecule has 7 aromatic carbocycles. The highest BCUT2D eigenvalue weighted by molar-refractivity contribution is 9.09. The number of nitrogens with zero attached hydrogens (tertiary/aromatic N) is 5. The third-order valence-electron chi connectivity index (χ3n) is 20.8. The first-order valence-electron chi connectivity index (χ1n) is 41.1. The monoisotopic (exact) mass is 2150 g/mol. The van der Waals surface area contributed by atoms with Gasteiger partial charge in [-0.1, -0.05) is 153 Å². The van der Waals surface area contributed by atoms with Crippen molar-refractivity contribution in [2.24, 2.45) is 11.8 Å². The number of hydrogen-bond donors (Lipinski definition) is 3. The maximum atomic E-state index is 13.1. The maximum absolute atomic E-state index is 13.1. The first kappa shape index (κ1) is 115. The summed E-state index contributed by atoms with van der Waals surface area (Å²) in [5.74, 6) is -5.58. The normalized spacial score (nSPS) is 15.2. The lowest BCUT2D eigenvalue weighted by Gasteiger charge is -2.35. The fraction of sp³-hybridized carbons (Fsp3) is 0.326. The minimum Gasteiger partial charge on any atom is -1.00 e. The summed E-state index contributed by atoms with van der Waals surface area (Å²) in [6.45, 7) is 8.01. The van der Waals surface area contributed by atoms with Crippen molar-refractivity contribution >= 4 is 150 Å². The van der Waals surface area contributed by atoms with Gasteiger partial charge in [-0.15, -0.1) is 0 Å². The number of benzene rings is 7. The summed E-state index contributed by atoms with van der Waals surface area (Å²) in [6, 6.07) is 42.5. The first-order chi connectivity index (χ1) is 63.6. The van der Waals surface area contributed by atoms with Gasteiger partial charge in [-0.2, -0.15) is 17.6 Å². The van der Waals surface area contributed by atoms with E-state index >= 15 is 0 Å². The Balaban J connectivity index is 0.000000261. The van der Waals surface area contributed by atoms with Crippen molar-refractivity contribution in [2.45, 2.75) is 125 Å². The van der Waals surface area contributed by atoms with Gasteiger partial charge in [0.05, 0.1) is 84.5 Å². The van der Waals surface area contributed by atoms with E-state index in [2.05, 4.69) is 95.9 Å². The Morgan fingerprint density at radius 1 is 0.518 bits per heavy atom. The number of aliphatic hydroxyl groups is 1. The highest BCUT2D eigenvalue weighted by Crippen LogP contribution is 2.42. The fourth-order valence-corrected chi connectivity index (χ4v) is 20.2. The predicted molar refractivity (Wildman–Crippen MR) is 488 cm³/mol. The highest BCUT2D eigenvalue weighted by atomic mass is 79.9. The Morgan fingerprint density at radius 3 is 1.30 bits per heavy atom. The van der Waals surface area contributed by atoms with E-state index in [1.165, 1.54) is 176 Å². The molecule has 0 radical (unpaired) electrons. The summed E-state index contributed by atoms with van der Waals surface area (Å²) in [7, 11) is -15.7. The van der Waals surface area contributed by atoms with Crippen molar-refractivity contribution in [3.63, 3.8) is 0 Å². The van der Waals surface area contributed by atoms with E-state index in [1.54, 1.807) is 32.0 Å². The van der Waals surface area contributed by atoms with E-state index in [-0.39, 0.29) is 130 Å². The number of esters is 3. The number of H-pyrrole nitrogens is 1. The number of carbonyl (C=O) groups is 8. The molecule has 742 valence electrons. The fourth-order valence-electron chi connectivity index (χ4n) is 13.3. The predicted octanol–water partition coefficient (Wildman–Crippen LogP) is 10.4. The number of aliphatic carboxylic acids is 1. The molecule has 2 atom stereocenters. The van der Waals surface area contributed by atoms with Crippen molar-refractivity contribution in [1.82, 2.24) is 22.6 Å². The number of quaternary nitrogens is 1. The number of fused-ring (bicyclic) bond motifs is 4. The van der Waals surface area contributed by atoms with Crippen molar-refractivity contribution in [3.8, 4) is 23.0 Å². The zero-order valence-electron chi connectivity index (χ0n) is 73.5. The van der Waals surface area contributed by atoms with Crippen LogP contribution in [0.4, 0.5) is 17.6 Å². The smallest absolute Gasteiger partial charge is 0.387 e. The van der Waals surface area contributed by atoms with Gasteiger partial charge in [0.15, 0.2) is 35.4 Å². The van der Waals surface area contributed by atoms with Crippen molar-refractivity contribution in [2.75, 3.05) is 71.0 Å². The van der Waals surface area contributed by atoms with E-state index in [0.29, 0.717) is 75.6 Å². The first-order valence-corrected chi connectivity index (χ1v) is 49.6. The Labute approximate surface area is 821 Å². The number of pyridine rings is 2. The van der Waals surface area contributed by atoms with Gasteiger partial charge in [-0.25, -0.2) is 56.3 Å². The van der Waals surface area contributed by atoms with Crippen LogP contribution in [-0.4, -0.2) is 209 Å². The molecule has 6 aliphatic rings. The van der Waals surface area contributed by atoms with Crippen molar-refractivity contribution in [3.05, 3.63) is 259 Å². The number of rotatable bonds is 31. The van der Waals surface area contributed by atoms with Gasteiger partial charge in [0.2, 0.25) is 0 Å². The van der Waals surface area contributed by atoms with Crippen LogP contribution in [0.15, 0.2) is 208 Å². The van der Waals surface area contributed by atoms with Crippen molar-refractivity contribution < 1.29 is 166 Å². The van der Waals surface area contributed by atoms with Gasteiger partial charge in [-0.05, 0) is 162 Å². The molecule has 0 spiro atoms. The molecule has 9 aromatic rings. The molecule has 4 amide bonds. The van der Waals surface area contributed by atoms with Crippen LogP contribution >= 0.6 is 62.3 Å². The summed E-state index contributed by atoms with van der Waals surface area (Å²) < 4.78 is 187. The van der Waals surface area contributed by atoms with Gasteiger partial charge in [0, 0.05) is 36.4 Å². The number of nitrogens with one attached hydrogen (secondary N) is 2. The second-order valence-electron chi connectivity index (χ2n) is 29.7. The quantitative estimate of drug-likeness (QED) is 0.0119. The van der Waals surface area contributed by atoms with Crippen molar-refractivity contribution in [1.29, 1.82) is 0 Å². The molecule has 0 saturated heterocycles. The van der Waals surface area contributed by atoms with Gasteiger partial charge < -0.3 is 71.2 Å². The zero-order chi connectivity index (χ0) is 98.2. The zero-order valence-corrected chi connectivity index (χ0v) is 82.1. The van der Waals surface area contributed by atoms with Gasteiger partial charge >= 0.3 is 37.1 Å². The second-order valence-corrected chi connectivity index (χ2v) is 39.1. The molecule has 7 N–H and O–H groups in total. The molecule has 137 heavy (non-hydrogen) atoms. The molecule has 4 aliphatic heterocycles. The van der Waals surface area contributed by atoms with Crippen LogP contribution in [0.2, 0.25) is 20.1 Å². The Hall–Kier alpha value is -10.9. The summed E-state index contributed by atoms with van der Waals surface area (Å²) >= 11 is 27.8. The number of aliphatic hydroxyl groups excluding tert-OH is 1. The Kier molecular flexibility index (Phi) is 43.7. The molecule has 48 heteroatoms. The number of aromatic amines is 1. The summed E-state index contributed by atoms with van der Waals surface area (Å²) in [4.78, 5) is 98.7. The number of amides is 4. The lowest BCUT2D eigenvalue weighted by atomic mass is 10.0. The molecular weight excluding hydrogens is 2060 g/mol. The average Bonchev–Trinajstić information content (AvgIpc) is 1.63. The summed E-state index contributed by atoms with van der Waals surface area (Å²) in [6.07, 6.45) is 7.85. The van der Waals surface area contributed by atoms with Crippen LogP contribution in [0.25, 0.3) is 0 Å². The van der Waals surface area contributed by atoms with Crippen LogP contribution in [0.5, 0.6) is 23.0 Å². The molecule has 2 saturated carbocycles. The molecule has 0 bridgehead atoms. The van der Waals surface area contributed by atoms with E-state index < -0.39 is 127 Å². The van der Waals surface area contributed by atoms with Gasteiger partial charge in [0.1, 0.15) is 67.2 Å². The molecule has 34 nitrogen and oxygen atoms in total. The Bertz CT molecular complexity index is 6200. The number of carboxylic acids is 1. The number of carbonyl (C=O) groups excluding carboxylic acids is 7. The van der Waals surface area contributed by atoms with E-state index in [1.807, 2.05) is 4.72 Å². The largest absolute Gasteiger partial charge is 1.00 e. The molecule has 15 rings (SSSR count). The Morgan fingerprint density at radius 2 is 0.905 bits per heavy atom. The third kappa shape index (κ3) is 30.8. The van der Waals surface area contributed by atoms with Crippen LogP contribution in [-0.2, 0) is 92.9 Å². The van der Waals surface area contributed by atoms with Crippen LogP contribution in [0.3, 0.4) is 0 Å². The number of carboxylic acid groups (broad SMARTS) is 1. The molecule has 2 fully saturated rings. The minimum absolute atomic E-state index is 0. The SMILES string of the molecule is CCOC(=O)CBr.CCOC(=O)CN1C(=O)c2ccccc2S1(=O)=O.CC[N+](CC)(CC)Cc1ccccc1.O.O=C(CN1C(=O)c2ccccc2S1(=O)=O)O[C@@H](Cc1c(Cl)c[nH+]cc1Cl)c1ccc(OC(F)F)c(OCC2CC2)c1.O=C(O)CN1C(=O)c2ccccc2S1(=O)=O.O=C1NS(=O)(=O)c2ccccc21.O[C@@H](Cc1c(Cl)cncc1Cl)c1ccc(OC(F)F)c(OCC2CC2)c1.[Cl-].[OH-]. The maximum Gasteiger partial charge on any atom is 0.387 e.